The van der Waals surface area contributed by atoms with Crippen LogP contribution in [0, 0.1) is 0 Å². The van der Waals surface area contributed by atoms with Gasteiger partial charge in [-0.3, -0.25) is 0 Å². The van der Waals surface area contributed by atoms with Gasteiger partial charge in [0.2, 0.25) is 0 Å². The highest BCUT2D eigenvalue weighted by atomic mass is 32.2. The van der Waals surface area contributed by atoms with Gasteiger partial charge >= 0.3 is 0 Å². The predicted molar refractivity (Wildman–Crippen MR) is 161 cm³/mol. The first kappa shape index (κ1) is 28.6. The van der Waals surface area contributed by atoms with E-state index >= 15 is 0 Å². The summed E-state index contributed by atoms with van der Waals surface area (Å²) in [7, 11) is 0. The average molecular weight is 549 g/mol. The van der Waals surface area contributed by atoms with Gasteiger partial charge in [0.1, 0.15) is 0 Å². The molecule has 0 amide bonds. The maximum Gasteiger partial charge on any atom is 0.168 e. The summed E-state index contributed by atoms with van der Waals surface area (Å²) in [5.74, 6) is 13.1. The molecule has 0 saturated carbocycles. The summed E-state index contributed by atoms with van der Waals surface area (Å²) < 4.78 is 12.4. The Labute approximate surface area is 222 Å². The Hall–Kier alpha value is 0.400. The van der Waals surface area contributed by atoms with Gasteiger partial charge in [-0.2, -0.15) is 72.3 Å². The number of benzene rings is 2. The molecule has 8 heteroatoms. The minimum Gasteiger partial charge on any atom is -0.490 e. The van der Waals surface area contributed by atoms with Gasteiger partial charge in [0.05, 0.1) is 13.2 Å². The Morgan fingerprint density at radius 2 is 1.16 bits per heavy atom. The van der Waals surface area contributed by atoms with Crippen LogP contribution in [-0.2, 0) is 0 Å². The lowest BCUT2D eigenvalue weighted by atomic mass is 10.1. The molecule has 2 rings (SSSR count). The highest BCUT2D eigenvalue weighted by Crippen LogP contribution is 2.36. The van der Waals surface area contributed by atoms with Gasteiger partial charge in [0.15, 0.2) is 11.5 Å². The molecule has 0 aliphatic rings. The second-order valence-corrected chi connectivity index (χ2v) is 12.7. The molecule has 0 atom stereocenters. The maximum atomic E-state index is 6.26. The van der Waals surface area contributed by atoms with E-state index in [2.05, 4.69) is 61.7 Å². The summed E-state index contributed by atoms with van der Waals surface area (Å²) in [4.78, 5) is 0. The molecule has 0 N–H and O–H groups in total. The van der Waals surface area contributed by atoms with Crippen molar-refractivity contribution in [3.63, 3.8) is 0 Å². The van der Waals surface area contributed by atoms with Crippen molar-refractivity contribution in [2.75, 3.05) is 70.7 Å². The van der Waals surface area contributed by atoms with E-state index in [1.165, 1.54) is 28.4 Å². The van der Waals surface area contributed by atoms with Gasteiger partial charge in [-0.1, -0.05) is 30.3 Å². The van der Waals surface area contributed by atoms with E-state index in [1.54, 1.807) is 0 Å². The summed E-state index contributed by atoms with van der Waals surface area (Å²) in [6.07, 6.45) is 2.10. The highest BCUT2D eigenvalue weighted by molar-refractivity contribution is 8.03. The molecule has 0 bridgehead atoms. The Kier molecular flexibility index (Phi) is 17.6. The first-order chi connectivity index (χ1) is 15.9. The van der Waals surface area contributed by atoms with E-state index in [0.29, 0.717) is 0 Å². The molecule has 180 valence electrons. The van der Waals surface area contributed by atoms with Gasteiger partial charge in [0, 0.05) is 39.9 Å². The van der Waals surface area contributed by atoms with Crippen LogP contribution in [0.5, 0.6) is 11.5 Å². The van der Waals surface area contributed by atoms with Gasteiger partial charge in [-0.05, 0) is 47.3 Å². The van der Waals surface area contributed by atoms with Crippen LogP contribution in [0.1, 0.15) is 12.8 Å². The monoisotopic (exact) mass is 548 g/mol. The molecular formula is C24H36O2S6. The second-order valence-electron chi connectivity index (χ2n) is 6.91. The van der Waals surface area contributed by atoms with Crippen LogP contribution in [0.2, 0.25) is 0 Å². The summed E-state index contributed by atoms with van der Waals surface area (Å²) in [5, 5.41) is 2.33. The van der Waals surface area contributed by atoms with Crippen molar-refractivity contribution in [2.45, 2.75) is 12.8 Å². The van der Waals surface area contributed by atoms with E-state index in [-0.39, 0.29) is 0 Å². The maximum absolute atomic E-state index is 6.26. The van der Waals surface area contributed by atoms with Gasteiger partial charge < -0.3 is 9.47 Å². The predicted octanol–water partition coefficient (Wildman–Crippen LogP) is 7.17. The fourth-order valence-corrected chi connectivity index (χ4v) is 7.32. The van der Waals surface area contributed by atoms with Crippen molar-refractivity contribution in [2.24, 2.45) is 0 Å². The second kappa shape index (κ2) is 19.7. The zero-order valence-electron chi connectivity index (χ0n) is 18.7. The van der Waals surface area contributed by atoms with Crippen molar-refractivity contribution < 1.29 is 9.47 Å². The van der Waals surface area contributed by atoms with E-state index in [1.807, 2.05) is 47.0 Å². The molecule has 2 aromatic carbocycles. The summed E-state index contributed by atoms with van der Waals surface area (Å²) in [6.45, 7) is 1.45. The average Bonchev–Trinajstić information content (AvgIpc) is 2.82. The molecule has 2 aromatic rings. The SMILES string of the molecule is SCCSCCSCCCOc1ccc2ccccc2c1OCCCSCCSCCS. The minimum absolute atomic E-state index is 0.723. The van der Waals surface area contributed by atoms with E-state index in [4.69, 9.17) is 9.47 Å². The Balaban J connectivity index is 1.74. The molecule has 0 aromatic heterocycles. The summed E-state index contributed by atoms with van der Waals surface area (Å²) in [6, 6.07) is 12.6. The van der Waals surface area contributed by atoms with Gasteiger partial charge in [0.25, 0.3) is 0 Å². The minimum atomic E-state index is 0.723. The molecule has 0 fully saturated rings. The number of rotatable bonds is 20. The molecule has 0 aliphatic carbocycles. The summed E-state index contributed by atoms with van der Waals surface area (Å²) >= 11 is 16.5. The molecule has 0 radical (unpaired) electrons. The van der Waals surface area contributed by atoms with Crippen molar-refractivity contribution in [3.05, 3.63) is 36.4 Å². The third-order valence-corrected chi connectivity index (χ3v) is 10.1. The number of hydrogen-bond acceptors (Lipinski definition) is 8. The van der Waals surface area contributed by atoms with Crippen molar-refractivity contribution in [1.82, 2.24) is 0 Å². The van der Waals surface area contributed by atoms with E-state index < -0.39 is 0 Å². The standard InChI is InChI=1S/C24H36O2S6/c27-11-15-31-19-17-29-13-3-9-25-23-8-7-21-5-1-2-6-22(21)24(23)26-10-4-14-30-18-20-32-16-12-28/h1-2,5-8,27-28H,3-4,9-20H2. The number of fused-ring (bicyclic) bond motifs is 1. The van der Waals surface area contributed by atoms with Crippen LogP contribution in [0.15, 0.2) is 36.4 Å². The van der Waals surface area contributed by atoms with Crippen LogP contribution in [0.25, 0.3) is 10.8 Å². The Morgan fingerprint density at radius 1 is 0.594 bits per heavy atom. The van der Waals surface area contributed by atoms with Crippen molar-refractivity contribution in [3.8, 4) is 11.5 Å². The fourth-order valence-electron chi connectivity index (χ4n) is 2.94. The largest absolute Gasteiger partial charge is 0.490 e. The van der Waals surface area contributed by atoms with E-state index in [9.17, 15) is 0 Å². The van der Waals surface area contributed by atoms with Gasteiger partial charge in [-0.15, -0.1) is 0 Å². The van der Waals surface area contributed by atoms with Crippen LogP contribution < -0.4 is 9.47 Å². The molecule has 32 heavy (non-hydrogen) atoms. The molecule has 0 heterocycles. The third kappa shape index (κ3) is 12.2. The molecule has 0 unspecified atom stereocenters. The first-order valence-electron chi connectivity index (χ1n) is 11.2. The smallest absolute Gasteiger partial charge is 0.168 e. The fraction of sp³-hybridized carbons (Fsp3) is 0.583. The molecule has 0 aliphatic heterocycles. The van der Waals surface area contributed by atoms with Crippen LogP contribution >= 0.6 is 72.3 Å². The topological polar surface area (TPSA) is 18.5 Å². The number of thioether (sulfide) groups is 4. The Morgan fingerprint density at radius 3 is 1.78 bits per heavy atom. The van der Waals surface area contributed by atoms with Crippen molar-refractivity contribution >= 4 is 83.1 Å². The van der Waals surface area contributed by atoms with Gasteiger partial charge in [-0.25, -0.2) is 0 Å². The number of ether oxygens (including phenoxy) is 2. The molecule has 0 spiro atoms. The lowest BCUT2D eigenvalue weighted by Crippen LogP contribution is -2.05. The normalized spacial score (nSPS) is 11.2. The zero-order chi connectivity index (χ0) is 22.7. The quantitative estimate of drug-likeness (QED) is 0.134. The zero-order valence-corrected chi connectivity index (χ0v) is 23.8. The first-order valence-corrected chi connectivity index (χ1v) is 17.0. The van der Waals surface area contributed by atoms with Crippen LogP contribution in [-0.4, -0.2) is 70.7 Å². The molecular weight excluding hydrogens is 513 g/mol. The Bertz CT molecular complexity index is 731. The molecule has 2 nitrogen and oxygen atoms in total. The van der Waals surface area contributed by atoms with Crippen LogP contribution in [0.4, 0.5) is 0 Å². The van der Waals surface area contributed by atoms with Crippen LogP contribution in [0.3, 0.4) is 0 Å². The summed E-state index contributed by atoms with van der Waals surface area (Å²) in [5.41, 5.74) is 0. The van der Waals surface area contributed by atoms with E-state index in [0.717, 1.165) is 77.5 Å². The third-order valence-electron chi connectivity index (χ3n) is 4.43. The lowest BCUT2D eigenvalue weighted by Gasteiger charge is -2.15. The number of hydrogen-bond donors (Lipinski definition) is 2. The van der Waals surface area contributed by atoms with Crippen molar-refractivity contribution in [1.29, 1.82) is 0 Å². The number of thiol groups is 2. The highest BCUT2D eigenvalue weighted by Gasteiger charge is 2.10. The lowest BCUT2D eigenvalue weighted by molar-refractivity contribution is 0.272. The molecule has 0 saturated heterocycles.